The van der Waals surface area contributed by atoms with E-state index in [1.54, 1.807) is 11.8 Å². The number of nitrogens with zero attached hydrogens (tertiary/aromatic N) is 2. The first kappa shape index (κ1) is 13.4. The number of benzene rings is 1. The molecule has 0 bridgehead atoms. The highest BCUT2D eigenvalue weighted by atomic mass is 35.5. The van der Waals surface area contributed by atoms with E-state index in [0.29, 0.717) is 17.5 Å². The first-order chi connectivity index (χ1) is 8.70. The van der Waals surface area contributed by atoms with Crippen molar-refractivity contribution in [2.75, 3.05) is 0 Å². The zero-order valence-corrected chi connectivity index (χ0v) is 11.5. The Hall–Kier alpha value is -1.04. The molecule has 0 amide bonds. The summed E-state index contributed by atoms with van der Waals surface area (Å²) in [5.41, 5.74) is 5.81. The van der Waals surface area contributed by atoms with Gasteiger partial charge in [0.1, 0.15) is 0 Å². The van der Waals surface area contributed by atoms with Crippen molar-refractivity contribution in [3.05, 3.63) is 41.0 Å². The van der Waals surface area contributed by atoms with Crippen molar-refractivity contribution in [3.63, 3.8) is 0 Å². The fourth-order valence-electron chi connectivity index (χ4n) is 1.36. The van der Waals surface area contributed by atoms with Crippen molar-refractivity contribution in [1.82, 2.24) is 10.1 Å². The van der Waals surface area contributed by atoms with Crippen molar-refractivity contribution in [2.24, 2.45) is 5.73 Å². The molecular weight excluding hydrogens is 270 g/mol. The largest absolute Gasteiger partial charge is 0.338 e. The lowest BCUT2D eigenvalue weighted by molar-refractivity contribution is 0.349. The van der Waals surface area contributed by atoms with Crippen LogP contribution in [-0.4, -0.2) is 10.1 Å². The maximum Gasteiger partial charge on any atom is 0.243 e. The van der Waals surface area contributed by atoms with Crippen LogP contribution in [0.25, 0.3) is 0 Å². The number of thioether (sulfide) groups is 1. The molecule has 4 nitrogen and oxygen atoms in total. The Morgan fingerprint density at radius 2 is 2.22 bits per heavy atom. The Kier molecular flexibility index (Phi) is 4.63. The minimum Gasteiger partial charge on any atom is -0.338 e. The first-order valence-electron chi connectivity index (χ1n) is 5.66. The van der Waals surface area contributed by atoms with E-state index in [0.717, 1.165) is 16.3 Å². The average Bonchev–Trinajstić information content (AvgIpc) is 2.86. The van der Waals surface area contributed by atoms with Crippen LogP contribution in [0, 0.1) is 0 Å². The van der Waals surface area contributed by atoms with E-state index in [2.05, 4.69) is 10.1 Å². The van der Waals surface area contributed by atoms with Crippen molar-refractivity contribution in [2.45, 2.75) is 30.0 Å². The molecule has 1 aromatic heterocycles. The van der Waals surface area contributed by atoms with E-state index >= 15 is 0 Å². The lowest BCUT2D eigenvalue weighted by Crippen LogP contribution is -2.08. The van der Waals surface area contributed by atoms with Gasteiger partial charge in [-0.15, -0.1) is 11.8 Å². The van der Waals surface area contributed by atoms with Crippen LogP contribution in [0.15, 0.2) is 33.7 Å². The summed E-state index contributed by atoms with van der Waals surface area (Å²) in [5, 5.41) is 4.63. The molecule has 2 rings (SSSR count). The zero-order chi connectivity index (χ0) is 13.0. The standard InChI is InChI=1S/C12H14ClN3OS/c1-2-9(14)12-15-11(16-17-12)7-18-10-6-4-3-5-8(10)13/h3-6,9H,2,7,14H2,1H3. The summed E-state index contributed by atoms with van der Waals surface area (Å²) in [6, 6.07) is 7.49. The van der Waals surface area contributed by atoms with Crippen LogP contribution in [0.1, 0.15) is 31.1 Å². The van der Waals surface area contributed by atoms with E-state index in [1.165, 1.54) is 0 Å². The predicted octanol–water partition coefficient (Wildman–Crippen LogP) is 3.43. The second kappa shape index (κ2) is 6.22. The van der Waals surface area contributed by atoms with Gasteiger partial charge in [0.05, 0.1) is 16.8 Å². The van der Waals surface area contributed by atoms with Crippen LogP contribution in [0.5, 0.6) is 0 Å². The molecule has 0 saturated heterocycles. The normalized spacial score (nSPS) is 12.6. The molecule has 1 unspecified atom stereocenters. The number of hydrogen-bond acceptors (Lipinski definition) is 5. The lowest BCUT2D eigenvalue weighted by Gasteiger charge is -2.01. The smallest absolute Gasteiger partial charge is 0.243 e. The Morgan fingerprint density at radius 1 is 1.44 bits per heavy atom. The number of aromatic nitrogens is 2. The van der Waals surface area contributed by atoms with Gasteiger partial charge < -0.3 is 10.3 Å². The summed E-state index contributed by atoms with van der Waals surface area (Å²) in [7, 11) is 0. The van der Waals surface area contributed by atoms with Crippen molar-refractivity contribution >= 4 is 23.4 Å². The Labute approximate surface area is 115 Å². The second-order valence-corrected chi connectivity index (χ2v) is 5.21. The van der Waals surface area contributed by atoms with E-state index in [-0.39, 0.29) is 6.04 Å². The van der Waals surface area contributed by atoms with E-state index in [1.807, 2.05) is 31.2 Å². The molecule has 2 aromatic rings. The predicted molar refractivity (Wildman–Crippen MR) is 72.5 cm³/mol. The third-order valence-corrected chi connectivity index (χ3v) is 3.95. The number of hydrogen-bond donors (Lipinski definition) is 1. The van der Waals surface area contributed by atoms with Gasteiger partial charge in [0.15, 0.2) is 5.82 Å². The van der Waals surface area contributed by atoms with Gasteiger partial charge in [-0.3, -0.25) is 0 Å². The van der Waals surface area contributed by atoms with Gasteiger partial charge >= 0.3 is 0 Å². The molecule has 0 spiro atoms. The van der Waals surface area contributed by atoms with Gasteiger partial charge in [0.25, 0.3) is 0 Å². The topological polar surface area (TPSA) is 64.9 Å². The van der Waals surface area contributed by atoms with Crippen LogP contribution in [-0.2, 0) is 5.75 Å². The molecule has 6 heteroatoms. The van der Waals surface area contributed by atoms with Crippen LogP contribution in [0.2, 0.25) is 5.02 Å². The van der Waals surface area contributed by atoms with Crippen molar-refractivity contribution in [3.8, 4) is 0 Å². The fraction of sp³-hybridized carbons (Fsp3) is 0.333. The third kappa shape index (κ3) is 3.25. The Balaban J connectivity index is 1.98. The van der Waals surface area contributed by atoms with Crippen LogP contribution in [0.3, 0.4) is 0 Å². The maximum atomic E-state index is 6.06. The SMILES string of the molecule is CCC(N)c1nc(CSc2ccccc2Cl)no1. The maximum absolute atomic E-state index is 6.06. The molecule has 2 N–H and O–H groups in total. The number of nitrogens with two attached hydrogens (primary N) is 1. The van der Waals surface area contributed by atoms with Crippen LogP contribution >= 0.6 is 23.4 Å². The zero-order valence-electron chi connectivity index (χ0n) is 9.97. The average molecular weight is 284 g/mol. The summed E-state index contributed by atoms with van der Waals surface area (Å²) >= 11 is 7.64. The monoisotopic (exact) mass is 283 g/mol. The summed E-state index contributed by atoms with van der Waals surface area (Å²) < 4.78 is 5.10. The molecule has 0 aliphatic heterocycles. The van der Waals surface area contributed by atoms with Gasteiger partial charge in [0.2, 0.25) is 5.89 Å². The summed E-state index contributed by atoms with van der Waals surface area (Å²) in [4.78, 5) is 5.26. The summed E-state index contributed by atoms with van der Waals surface area (Å²) in [6.45, 7) is 1.98. The highest BCUT2D eigenvalue weighted by molar-refractivity contribution is 7.98. The van der Waals surface area contributed by atoms with Gasteiger partial charge in [-0.2, -0.15) is 4.98 Å². The number of rotatable bonds is 5. The molecule has 0 saturated carbocycles. The van der Waals surface area contributed by atoms with E-state index in [4.69, 9.17) is 21.9 Å². The molecule has 1 heterocycles. The van der Waals surface area contributed by atoms with Gasteiger partial charge in [-0.05, 0) is 18.6 Å². The first-order valence-corrected chi connectivity index (χ1v) is 7.02. The molecule has 0 aliphatic rings. The Bertz CT molecular complexity index is 518. The number of halogens is 1. The third-order valence-electron chi connectivity index (χ3n) is 2.43. The van der Waals surface area contributed by atoms with Crippen molar-refractivity contribution in [1.29, 1.82) is 0 Å². The summed E-state index contributed by atoms with van der Waals surface area (Å²) in [6.07, 6.45) is 0.777. The minimum absolute atomic E-state index is 0.184. The molecule has 18 heavy (non-hydrogen) atoms. The minimum atomic E-state index is -0.184. The molecular formula is C12H14ClN3OS. The fourth-order valence-corrected chi connectivity index (χ4v) is 2.44. The molecule has 1 aromatic carbocycles. The molecule has 96 valence electrons. The van der Waals surface area contributed by atoms with E-state index < -0.39 is 0 Å². The highest BCUT2D eigenvalue weighted by Gasteiger charge is 2.13. The van der Waals surface area contributed by atoms with E-state index in [9.17, 15) is 0 Å². The Morgan fingerprint density at radius 3 is 2.94 bits per heavy atom. The molecule has 0 radical (unpaired) electrons. The van der Waals surface area contributed by atoms with Gasteiger partial charge in [-0.25, -0.2) is 0 Å². The quantitative estimate of drug-likeness (QED) is 0.852. The van der Waals surface area contributed by atoms with Crippen LogP contribution in [0.4, 0.5) is 0 Å². The van der Waals surface area contributed by atoms with Gasteiger partial charge in [0, 0.05) is 4.90 Å². The summed E-state index contributed by atoms with van der Waals surface area (Å²) in [5.74, 6) is 1.75. The molecule has 0 fully saturated rings. The molecule has 1 atom stereocenters. The lowest BCUT2D eigenvalue weighted by atomic mass is 10.2. The second-order valence-electron chi connectivity index (χ2n) is 3.78. The molecule has 0 aliphatic carbocycles. The highest BCUT2D eigenvalue weighted by Crippen LogP contribution is 2.28. The van der Waals surface area contributed by atoms with Crippen LogP contribution < -0.4 is 5.73 Å². The van der Waals surface area contributed by atoms with Crippen molar-refractivity contribution < 1.29 is 4.52 Å². The van der Waals surface area contributed by atoms with Gasteiger partial charge in [-0.1, -0.05) is 35.8 Å².